The van der Waals surface area contributed by atoms with Crippen LogP contribution in [0, 0.1) is 0 Å². The first-order valence-electron chi connectivity index (χ1n) is 5.88. The number of nitrogens with two attached hydrogens (primary N) is 1. The summed E-state index contributed by atoms with van der Waals surface area (Å²) < 4.78 is 50.6. The molecule has 1 rings (SSSR count). The van der Waals surface area contributed by atoms with Crippen LogP contribution in [0.2, 0.25) is 0 Å². The van der Waals surface area contributed by atoms with Crippen molar-refractivity contribution in [1.29, 1.82) is 0 Å². The van der Waals surface area contributed by atoms with Crippen molar-refractivity contribution >= 4 is 20.0 Å². The van der Waals surface area contributed by atoms with Crippen LogP contribution in [0.25, 0.3) is 0 Å². The molecule has 114 valence electrons. The van der Waals surface area contributed by atoms with E-state index < -0.39 is 20.0 Å². The molecule has 0 fully saturated rings. The highest BCUT2D eigenvalue weighted by atomic mass is 32.2. The number of rotatable bonds is 7. The maximum Gasteiger partial charge on any atom is 0.240 e. The molecule has 0 aliphatic carbocycles. The molecule has 0 saturated carbocycles. The molecule has 1 aromatic rings. The Labute approximate surface area is 119 Å². The minimum atomic E-state index is -3.76. The zero-order valence-corrected chi connectivity index (χ0v) is 13.0. The van der Waals surface area contributed by atoms with Gasteiger partial charge in [-0.05, 0) is 11.6 Å². The van der Waals surface area contributed by atoms with Gasteiger partial charge in [0, 0.05) is 27.2 Å². The minimum absolute atomic E-state index is 0.0738. The maximum absolute atomic E-state index is 12.1. The highest BCUT2D eigenvalue weighted by Crippen LogP contribution is 2.14. The standard InChI is InChI=1S/C11H19N3O4S2/c1-14(2)19(15,16)8-7-13-20(17,18)11-6-4-3-5-10(11)9-12/h3-6,13H,7-9,12H2,1-2H3. The van der Waals surface area contributed by atoms with Gasteiger partial charge < -0.3 is 5.73 Å². The number of nitrogens with one attached hydrogen (secondary N) is 1. The van der Waals surface area contributed by atoms with Crippen LogP contribution in [0.3, 0.4) is 0 Å². The summed E-state index contributed by atoms with van der Waals surface area (Å²) >= 11 is 0. The molecule has 0 heterocycles. The Bertz CT molecular complexity index is 654. The molecule has 0 amide bonds. The van der Waals surface area contributed by atoms with Crippen molar-refractivity contribution in [3.63, 3.8) is 0 Å². The predicted molar refractivity (Wildman–Crippen MR) is 77.0 cm³/mol. The van der Waals surface area contributed by atoms with Crippen LogP contribution in [-0.4, -0.2) is 47.5 Å². The molecule has 0 unspecified atom stereocenters. The molecule has 1 aromatic carbocycles. The smallest absolute Gasteiger partial charge is 0.240 e. The van der Waals surface area contributed by atoms with Crippen LogP contribution in [0.1, 0.15) is 5.56 Å². The molecular formula is C11H19N3O4S2. The third-order valence-corrected chi connectivity index (χ3v) is 6.08. The quantitative estimate of drug-likeness (QED) is 0.691. The van der Waals surface area contributed by atoms with E-state index in [0.29, 0.717) is 5.56 Å². The Kier molecular flexibility index (Phi) is 5.66. The van der Waals surface area contributed by atoms with Gasteiger partial charge in [0.05, 0.1) is 10.6 Å². The molecule has 0 radical (unpaired) electrons. The zero-order chi connectivity index (χ0) is 15.4. The normalized spacial score (nSPS) is 12.8. The second-order valence-corrected chi connectivity index (χ2v) is 8.35. The van der Waals surface area contributed by atoms with Gasteiger partial charge in [0.1, 0.15) is 0 Å². The molecule has 20 heavy (non-hydrogen) atoms. The lowest BCUT2D eigenvalue weighted by Crippen LogP contribution is -2.34. The SMILES string of the molecule is CN(C)S(=O)(=O)CCNS(=O)(=O)c1ccccc1CN. The lowest BCUT2D eigenvalue weighted by Gasteiger charge is -2.13. The molecule has 0 aliphatic rings. The van der Waals surface area contributed by atoms with E-state index in [1.54, 1.807) is 18.2 Å². The summed E-state index contributed by atoms with van der Waals surface area (Å²) in [6, 6.07) is 6.33. The van der Waals surface area contributed by atoms with Crippen LogP contribution in [0.4, 0.5) is 0 Å². The van der Waals surface area contributed by atoms with E-state index in [2.05, 4.69) is 4.72 Å². The summed E-state index contributed by atoms with van der Waals surface area (Å²) in [5.74, 6) is -0.302. The van der Waals surface area contributed by atoms with Crippen molar-refractivity contribution in [2.24, 2.45) is 5.73 Å². The molecule has 0 aliphatic heterocycles. The highest BCUT2D eigenvalue weighted by molar-refractivity contribution is 7.90. The first-order chi connectivity index (χ1) is 9.20. The van der Waals surface area contributed by atoms with Crippen molar-refractivity contribution in [3.05, 3.63) is 29.8 Å². The average Bonchev–Trinajstić information content (AvgIpc) is 2.38. The summed E-state index contributed by atoms with van der Waals surface area (Å²) in [6.45, 7) is -0.102. The molecule has 0 aromatic heterocycles. The lowest BCUT2D eigenvalue weighted by molar-refractivity contribution is 0.519. The van der Waals surface area contributed by atoms with Gasteiger partial charge >= 0.3 is 0 Å². The topological polar surface area (TPSA) is 110 Å². The van der Waals surface area contributed by atoms with E-state index in [4.69, 9.17) is 5.73 Å². The predicted octanol–water partition coefficient (Wildman–Crippen LogP) is -0.685. The van der Waals surface area contributed by atoms with Gasteiger partial charge in [-0.15, -0.1) is 0 Å². The first kappa shape index (κ1) is 17.1. The van der Waals surface area contributed by atoms with Crippen LogP contribution in [-0.2, 0) is 26.6 Å². The van der Waals surface area contributed by atoms with Gasteiger partial charge in [-0.2, -0.15) is 0 Å². The van der Waals surface area contributed by atoms with E-state index in [0.717, 1.165) is 4.31 Å². The Hall–Kier alpha value is -1.00. The van der Waals surface area contributed by atoms with Gasteiger partial charge in [-0.25, -0.2) is 25.9 Å². The highest BCUT2D eigenvalue weighted by Gasteiger charge is 2.19. The first-order valence-corrected chi connectivity index (χ1v) is 8.98. The van der Waals surface area contributed by atoms with E-state index in [-0.39, 0.29) is 23.7 Å². The van der Waals surface area contributed by atoms with Gasteiger partial charge in [0.15, 0.2) is 0 Å². The minimum Gasteiger partial charge on any atom is -0.326 e. The van der Waals surface area contributed by atoms with Crippen molar-refractivity contribution in [2.75, 3.05) is 26.4 Å². The number of hydrogen-bond donors (Lipinski definition) is 2. The van der Waals surface area contributed by atoms with Crippen LogP contribution >= 0.6 is 0 Å². The van der Waals surface area contributed by atoms with E-state index in [1.807, 2.05) is 0 Å². The molecule has 7 nitrogen and oxygen atoms in total. The Morgan fingerprint density at radius 2 is 1.75 bits per heavy atom. The molecule has 3 N–H and O–H groups in total. The summed E-state index contributed by atoms with van der Waals surface area (Å²) in [7, 11) is -4.41. The fourth-order valence-corrected chi connectivity index (χ4v) is 3.63. The fourth-order valence-electron chi connectivity index (χ4n) is 1.50. The molecule has 0 bridgehead atoms. The zero-order valence-electron chi connectivity index (χ0n) is 11.4. The Balaban J connectivity index is 2.82. The van der Waals surface area contributed by atoms with Gasteiger partial charge in [-0.1, -0.05) is 18.2 Å². The van der Waals surface area contributed by atoms with Crippen LogP contribution in [0.15, 0.2) is 29.2 Å². The van der Waals surface area contributed by atoms with Gasteiger partial charge in [0.2, 0.25) is 20.0 Å². The maximum atomic E-state index is 12.1. The number of benzene rings is 1. The number of hydrogen-bond acceptors (Lipinski definition) is 5. The Morgan fingerprint density at radius 1 is 1.15 bits per heavy atom. The van der Waals surface area contributed by atoms with Crippen molar-refractivity contribution in [2.45, 2.75) is 11.4 Å². The van der Waals surface area contributed by atoms with E-state index in [1.165, 1.54) is 20.2 Å². The number of sulfonamides is 2. The summed E-state index contributed by atoms with van der Waals surface area (Å²) in [4.78, 5) is 0.0738. The summed E-state index contributed by atoms with van der Waals surface area (Å²) in [6.07, 6.45) is 0. The third kappa shape index (κ3) is 4.25. The van der Waals surface area contributed by atoms with Crippen molar-refractivity contribution in [3.8, 4) is 0 Å². The van der Waals surface area contributed by atoms with E-state index in [9.17, 15) is 16.8 Å². The van der Waals surface area contributed by atoms with Gasteiger partial charge in [0.25, 0.3) is 0 Å². The molecular weight excluding hydrogens is 302 g/mol. The van der Waals surface area contributed by atoms with Crippen LogP contribution in [0.5, 0.6) is 0 Å². The monoisotopic (exact) mass is 321 g/mol. The fraction of sp³-hybridized carbons (Fsp3) is 0.455. The third-order valence-electron chi connectivity index (χ3n) is 2.69. The van der Waals surface area contributed by atoms with Crippen molar-refractivity contribution < 1.29 is 16.8 Å². The second-order valence-electron chi connectivity index (χ2n) is 4.31. The second kappa shape index (κ2) is 6.64. The molecule has 9 heteroatoms. The summed E-state index contributed by atoms with van der Waals surface area (Å²) in [5, 5.41) is 0. The van der Waals surface area contributed by atoms with Crippen LogP contribution < -0.4 is 10.5 Å². The molecule has 0 atom stereocenters. The molecule has 0 spiro atoms. The van der Waals surface area contributed by atoms with Gasteiger partial charge in [-0.3, -0.25) is 0 Å². The van der Waals surface area contributed by atoms with Crippen molar-refractivity contribution in [1.82, 2.24) is 9.03 Å². The molecule has 0 saturated heterocycles. The Morgan fingerprint density at radius 3 is 2.30 bits per heavy atom. The summed E-state index contributed by atoms with van der Waals surface area (Å²) in [5.41, 5.74) is 5.97. The largest absolute Gasteiger partial charge is 0.326 e. The van der Waals surface area contributed by atoms with E-state index >= 15 is 0 Å². The lowest BCUT2D eigenvalue weighted by atomic mass is 10.2. The average molecular weight is 321 g/mol. The number of nitrogens with zero attached hydrogens (tertiary/aromatic N) is 1.